The van der Waals surface area contributed by atoms with E-state index in [1.165, 1.54) is 37.9 Å². The molecule has 0 amide bonds. The molecule has 1 aromatic rings. The Morgan fingerprint density at radius 3 is 2.26 bits per heavy atom. The summed E-state index contributed by atoms with van der Waals surface area (Å²) in [5, 5.41) is 0. The average Bonchev–Trinajstić information content (AvgIpc) is 3.01. The Hall–Kier alpha value is -1.04. The molecule has 3 fully saturated rings. The number of benzene rings is 1. The molecule has 0 radical (unpaired) electrons. The van der Waals surface area contributed by atoms with Crippen molar-refractivity contribution < 1.29 is 14.0 Å². The fraction of sp³-hybridized carbons (Fsp3) is 0.727. The van der Waals surface area contributed by atoms with Gasteiger partial charge in [0.25, 0.3) is 0 Å². The highest BCUT2D eigenvalue weighted by atomic mass is 16.7. The van der Waals surface area contributed by atoms with Crippen LogP contribution in [0.25, 0.3) is 0 Å². The zero-order valence-electron chi connectivity index (χ0n) is 17.2. The van der Waals surface area contributed by atoms with E-state index >= 15 is 0 Å². The lowest BCUT2D eigenvalue weighted by Gasteiger charge is -2.45. The van der Waals surface area contributed by atoms with Gasteiger partial charge in [-0.3, -0.25) is 0 Å². The van der Waals surface area contributed by atoms with Crippen molar-refractivity contribution in [3.63, 3.8) is 0 Å². The molecular weight excluding hydrogens is 337 g/mol. The van der Waals surface area contributed by atoms with Gasteiger partial charge in [-0.15, -0.1) is 0 Å². The van der Waals surface area contributed by atoms with E-state index in [1.54, 1.807) is 0 Å². The first-order valence-corrected chi connectivity index (χ1v) is 10.7. The third-order valence-electron chi connectivity index (χ3n) is 7.76. The van der Waals surface area contributed by atoms with Gasteiger partial charge in [0.05, 0.1) is 11.2 Å². The Morgan fingerprint density at radius 2 is 1.67 bits per heavy atom. The summed E-state index contributed by atoms with van der Waals surface area (Å²) < 4.78 is 19.0. The lowest BCUT2D eigenvalue weighted by Crippen LogP contribution is -2.52. The first kappa shape index (κ1) is 18.0. The second kappa shape index (κ2) is 5.98. The lowest BCUT2D eigenvalue weighted by atomic mass is 9.78. The number of ether oxygens (including phenoxy) is 1. The minimum Gasteiger partial charge on any atom is -0.487 e. The van der Waals surface area contributed by atoms with Crippen molar-refractivity contribution in [2.24, 2.45) is 0 Å². The minimum absolute atomic E-state index is 0.0110. The number of likely N-dealkylation sites (tertiary alicyclic amines) is 1. The molecule has 1 aromatic carbocycles. The maximum absolute atomic E-state index is 6.58. The summed E-state index contributed by atoms with van der Waals surface area (Å²) >= 11 is 0. The molecule has 3 aliphatic heterocycles. The van der Waals surface area contributed by atoms with Crippen molar-refractivity contribution in [1.29, 1.82) is 0 Å². The van der Waals surface area contributed by atoms with Crippen LogP contribution < -0.4 is 10.2 Å². The molecule has 2 saturated heterocycles. The summed E-state index contributed by atoms with van der Waals surface area (Å²) in [7, 11) is -0.319. The molecule has 27 heavy (non-hydrogen) atoms. The third kappa shape index (κ3) is 2.94. The van der Waals surface area contributed by atoms with Gasteiger partial charge in [0.2, 0.25) is 0 Å². The van der Waals surface area contributed by atoms with Crippen LogP contribution >= 0.6 is 0 Å². The molecular formula is C22H32BNO3. The fourth-order valence-corrected chi connectivity index (χ4v) is 4.88. The van der Waals surface area contributed by atoms with Gasteiger partial charge in [0, 0.05) is 38.4 Å². The highest BCUT2D eigenvalue weighted by Crippen LogP contribution is 2.43. The van der Waals surface area contributed by atoms with Crippen molar-refractivity contribution in [1.82, 2.24) is 4.90 Å². The van der Waals surface area contributed by atoms with Crippen LogP contribution in [0.2, 0.25) is 0 Å². The molecule has 0 aromatic heterocycles. The number of nitrogens with zero attached hydrogens (tertiary/aromatic N) is 1. The topological polar surface area (TPSA) is 30.9 Å². The number of fused-ring (bicyclic) bond motifs is 1. The molecule has 4 aliphatic rings. The SMILES string of the molecule is CC1(C)OB(c2ccc3c(c2)OC2(CCN(C4CCC4)CC2)C3)OC1(C)C. The molecule has 5 rings (SSSR count). The summed E-state index contributed by atoms with van der Waals surface area (Å²) in [5.41, 5.74) is 1.79. The van der Waals surface area contributed by atoms with Gasteiger partial charge in [-0.05, 0) is 57.6 Å². The number of piperidine rings is 1. The Labute approximate surface area is 163 Å². The maximum atomic E-state index is 6.58. The summed E-state index contributed by atoms with van der Waals surface area (Å²) in [6, 6.07) is 7.39. The molecule has 0 bridgehead atoms. The van der Waals surface area contributed by atoms with Crippen LogP contribution in [0.5, 0.6) is 5.75 Å². The van der Waals surface area contributed by atoms with E-state index in [2.05, 4.69) is 50.8 Å². The monoisotopic (exact) mass is 369 g/mol. The molecule has 0 unspecified atom stereocenters. The number of hydrogen-bond acceptors (Lipinski definition) is 4. The molecule has 0 atom stereocenters. The molecule has 1 aliphatic carbocycles. The van der Waals surface area contributed by atoms with Crippen molar-refractivity contribution in [2.45, 2.75) is 89.1 Å². The molecule has 1 spiro atoms. The van der Waals surface area contributed by atoms with Gasteiger partial charge in [0.15, 0.2) is 0 Å². The van der Waals surface area contributed by atoms with Gasteiger partial charge >= 0.3 is 7.12 Å². The van der Waals surface area contributed by atoms with Crippen molar-refractivity contribution in [2.75, 3.05) is 13.1 Å². The van der Waals surface area contributed by atoms with Gasteiger partial charge < -0.3 is 18.9 Å². The zero-order chi connectivity index (χ0) is 18.9. The van der Waals surface area contributed by atoms with Gasteiger partial charge in [0.1, 0.15) is 11.4 Å². The number of rotatable bonds is 2. The van der Waals surface area contributed by atoms with Crippen molar-refractivity contribution in [3.05, 3.63) is 23.8 Å². The Balaban J connectivity index is 1.29. The minimum atomic E-state index is -0.319. The van der Waals surface area contributed by atoms with Crippen LogP contribution in [0, 0.1) is 0 Å². The quantitative estimate of drug-likeness (QED) is 0.749. The van der Waals surface area contributed by atoms with E-state index in [1.807, 2.05) is 0 Å². The molecule has 3 heterocycles. The normalized spacial score (nSPS) is 28.8. The Kier molecular flexibility index (Phi) is 3.99. The summed E-state index contributed by atoms with van der Waals surface area (Å²) in [5.74, 6) is 1.04. The molecule has 146 valence electrons. The highest BCUT2D eigenvalue weighted by Gasteiger charge is 2.52. The smallest absolute Gasteiger partial charge is 0.487 e. The third-order valence-corrected chi connectivity index (χ3v) is 7.76. The van der Waals surface area contributed by atoms with E-state index in [0.29, 0.717) is 0 Å². The van der Waals surface area contributed by atoms with Gasteiger partial charge in [-0.25, -0.2) is 0 Å². The van der Waals surface area contributed by atoms with Crippen molar-refractivity contribution >= 4 is 12.6 Å². The fourth-order valence-electron chi connectivity index (χ4n) is 4.88. The molecule has 5 heteroatoms. The molecule has 4 nitrogen and oxygen atoms in total. The van der Waals surface area contributed by atoms with E-state index in [0.717, 1.165) is 36.5 Å². The highest BCUT2D eigenvalue weighted by molar-refractivity contribution is 6.62. The van der Waals surface area contributed by atoms with Gasteiger partial charge in [-0.1, -0.05) is 18.6 Å². The summed E-state index contributed by atoms with van der Waals surface area (Å²) in [4.78, 5) is 2.69. The lowest BCUT2D eigenvalue weighted by molar-refractivity contribution is -0.00745. The second-order valence-corrected chi connectivity index (χ2v) is 10.0. The van der Waals surface area contributed by atoms with Gasteiger partial charge in [-0.2, -0.15) is 0 Å². The maximum Gasteiger partial charge on any atom is 0.494 e. The zero-order valence-corrected chi connectivity index (χ0v) is 17.2. The van der Waals surface area contributed by atoms with E-state index in [4.69, 9.17) is 14.0 Å². The summed E-state index contributed by atoms with van der Waals surface area (Å²) in [6.07, 6.45) is 7.53. The van der Waals surface area contributed by atoms with E-state index in [9.17, 15) is 0 Å². The largest absolute Gasteiger partial charge is 0.494 e. The van der Waals surface area contributed by atoms with Crippen LogP contribution in [-0.2, 0) is 15.7 Å². The Morgan fingerprint density at radius 1 is 1.00 bits per heavy atom. The average molecular weight is 369 g/mol. The summed E-state index contributed by atoms with van der Waals surface area (Å²) in [6.45, 7) is 10.8. The predicted molar refractivity (Wildman–Crippen MR) is 108 cm³/mol. The molecule has 0 N–H and O–H groups in total. The molecule has 1 saturated carbocycles. The Bertz CT molecular complexity index is 719. The van der Waals surface area contributed by atoms with Crippen LogP contribution in [0.15, 0.2) is 18.2 Å². The van der Waals surface area contributed by atoms with Crippen molar-refractivity contribution in [3.8, 4) is 5.75 Å². The van der Waals surface area contributed by atoms with E-state index in [-0.39, 0.29) is 23.9 Å². The second-order valence-electron chi connectivity index (χ2n) is 10.0. The number of hydrogen-bond donors (Lipinski definition) is 0. The predicted octanol–water partition coefficient (Wildman–Crippen LogP) is 3.31. The van der Waals surface area contributed by atoms with Crippen LogP contribution in [0.3, 0.4) is 0 Å². The van der Waals surface area contributed by atoms with E-state index < -0.39 is 0 Å². The van der Waals surface area contributed by atoms with Crippen LogP contribution in [0.1, 0.15) is 65.4 Å². The van der Waals surface area contributed by atoms with Crippen LogP contribution in [0.4, 0.5) is 0 Å². The standard InChI is InChI=1S/C22H32BNO3/c1-20(2)21(3,4)27-23(26-20)17-9-8-16-15-22(25-19(16)14-17)10-12-24(13-11-22)18-6-5-7-18/h8-9,14,18H,5-7,10-13,15H2,1-4H3. The first-order chi connectivity index (χ1) is 12.8. The van der Waals surface area contributed by atoms with Crippen LogP contribution in [-0.4, -0.2) is 48.0 Å². The first-order valence-electron chi connectivity index (χ1n) is 10.7.